The monoisotopic (exact) mass is 358 g/mol. The molecule has 1 aliphatic rings. The molecule has 0 aromatic heterocycles. The highest BCUT2D eigenvalue weighted by atomic mass is 79.9. The van der Waals surface area contributed by atoms with Crippen molar-refractivity contribution in [1.82, 2.24) is 0 Å². The van der Waals surface area contributed by atoms with Gasteiger partial charge in [-0.3, -0.25) is 0 Å². The van der Waals surface area contributed by atoms with Gasteiger partial charge in [0.05, 0.1) is 19.3 Å². The summed E-state index contributed by atoms with van der Waals surface area (Å²) in [4.78, 5) is 2.70. The summed E-state index contributed by atoms with van der Waals surface area (Å²) in [5.41, 5.74) is 7.81. The molecule has 1 fully saturated rings. The van der Waals surface area contributed by atoms with Crippen LogP contribution in [0, 0.1) is 0 Å². The minimum Gasteiger partial charge on any atom is -0.394 e. The average molecular weight is 359 g/mol. The standard InChI is InChI=1S/C14H19BrN2O2S/c15-11-2-1-3-12(13(11)14(16)20)17-6-4-10(5-7-17)19-9-8-18/h1-3,10,18H,4-9H2,(H2,16,20). The minimum atomic E-state index is 0.0808. The van der Waals surface area contributed by atoms with E-state index in [1.807, 2.05) is 18.2 Å². The predicted molar refractivity (Wildman–Crippen MR) is 88.3 cm³/mol. The van der Waals surface area contributed by atoms with Crippen LogP contribution in [-0.2, 0) is 4.74 Å². The Hall–Kier alpha value is -0.690. The minimum absolute atomic E-state index is 0.0808. The highest BCUT2D eigenvalue weighted by molar-refractivity contribution is 9.10. The quantitative estimate of drug-likeness (QED) is 0.789. The van der Waals surface area contributed by atoms with E-state index in [1.54, 1.807) is 0 Å². The lowest BCUT2D eigenvalue weighted by Gasteiger charge is -2.34. The molecule has 0 spiro atoms. The van der Waals surface area contributed by atoms with Crippen molar-refractivity contribution >= 4 is 38.8 Å². The fraction of sp³-hybridized carbons (Fsp3) is 0.500. The number of hydrogen-bond acceptors (Lipinski definition) is 4. The molecular formula is C14H19BrN2O2S. The van der Waals surface area contributed by atoms with Gasteiger partial charge in [-0.25, -0.2) is 0 Å². The predicted octanol–water partition coefficient (Wildman–Crippen LogP) is 2.06. The third kappa shape index (κ3) is 3.69. The normalized spacial score (nSPS) is 16.4. The van der Waals surface area contributed by atoms with E-state index in [-0.39, 0.29) is 12.7 Å². The first-order valence-corrected chi connectivity index (χ1v) is 7.89. The van der Waals surface area contributed by atoms with Gasteiger partial charge < -0.3 is 20.5 Å². The number of halogens is 1. The van der Waals surface area contributed by atoms with E-state index in [2.05, 4.69) is 20.8 Å². The molecule has 2 rings (SSSR count). The molecule has 0 unspecified atom stereocenters. The van der Waals surface area contributed by atoms with Crippen molar-refractivity contribution < 1.29 is 9.84 Å². The zero-order valence-electron chi connectivity index (χ0n) is 11.2. The molecule has 0 amide bonds. The van der Waals surface area contributed by atoms with Crippen LogP contribution >= 0.6 is 28.1 Å². The van der Waals surface area contributed by atoms with E-state index < -0.39 is 0 Å². The second kappa shape index (κ2) is 7.36. The van der Waals surface area contributed by atoms with Crippen LogP contribution in [0.3, 0.4) is 0 Å². The summed E-state index contributed by atoms with van der Waals surface area (Å²) in [7, 11) is 0. The number of piperidine rings is 1. The third-order valence-electron chi connectivity index (χ3n) is 3.47. The van der Waals surface area contributed by atoms with Crippen LogP contribution in [0.4, 0.5) is 5.69 Å². The molecule has 0 atom stereocenters. The summed E-state index contributed by atoms with van der Waals surface area (Å²) in [5.74, 6) is 0. The summed E-state index contributed by atoms with van der Waals surface area (Å²) in [6, 6.07) is 6.00. The molecule has 1 aromatic carbocycles. The largest absolute Gasteiger partial charge is 0.394 e. The lowest BCUT2D eigenvalue weighted by Crippen LogP contribution is -2.38. The van der Waals surface area contributed by atoms with Gasteiger partial charge in [0, 0.05) is 28.8 Å². The Kier molecular flexibility index (Phi) is 5.77. The van der Waals surface area contributed by atoms with Crippen molar-refractivity contribution in [2.75, 3.05) is 31.2 Å². The molecule has 0 radical (unpaired) electrons. The van der Waals surface area contributed by atoms with Crippen LogP contribution < -0.4 is 10.6 Å². The number of nitrogens with two attached hydrogens (primary N) is 1. The van der Waals surface area contributed by atoms with Gasteiger partial charge >= 0.3 is 0 Å². The van der Waals surface area contributed by atoms with E-state index in [4.69, 9.17) is 27.8 Å². The smallest absolute Gasteiger partial charge is 0.107 e. The molecule has 0 saturated carbocycles. The second-order valence-corrected chi connectivity index (χ2v) is 6.07. The molecule has 0 bridgehead atoms. The summed E-state index contributed by atoms with van der Waals surface area (Å²) in [6.07, 6.45) is 2.13. The zero-order valence-corrected chi connectivity index (χ0v) is 13.6. The van der Waals surface area contributed by atoms with E-state index in [9.17, 15) is 0 Å². The van der Waals surface area contributed by atoms with E-state index in [0.29, 0.717) is 11.6 Å². The summed E-state index contributed by atoms with van der Waals surface area (Å²) >= 11 is 8.67. The summed E-state index contributed by atoms with van der Waals surface area (Å²) in [5, 5.41) is 8.79. The van der Waals surface area contributed by atoms with Crippen LogP contribution in [0.1, 0.15) is 18.4 Å². The van der Waals surface area contributed by atoms with Crippen LogP contribution in [0.15, 0.2) is 22.7 Å². The van der Waals surface area contributed by atoms with Gasteiger partial charge in [-0.05, 0) is 40.9 Å². The molecular weight excluding hydrogens is 340 g/mol. The number of rotatable bonds is 5. The number of anilines is 1. The topological polar surface area (TPSA) is 58.7 Å². The first kappa shape index (κ1) is 15.7. The number of benzene rings is 1. The van der Waals surface area contributed by atoms with E-state index in [1.165, 1.54) is 0 Å². The third-order valence-corrected chi connectivity index (χ3v) is 4.33. The fourth-order valence-corrected chi connectivity index (χ4v) is 3.42. The van der Waals surface area contributed by atoms with E-state index in [0.717, 1.165) is 41.7 Å². The molecule has 3 N–H and O–H groups in total. The van der Waals surface area contributed by atoms with Crippen LogP contribution in [0.25, 0.3) is 0 Å². The number of nitrogens with zero attached hydrogens (tertiary/aromatic N) is 1. The molecule has 1 aromatic rings. The Morgan fingerprint density at radius 3 is 2.75 bits per heavy atom. The van der Waals surface area contributed by atoms with Gasteiger partial charge in [0.15, 0.2) is 0 Å². The SMILES string of the molecule is NC(=S)c1c(Br)cccc1N1CCC(OCCO)CC1. The molecule has 1 aliphatic heterocycles. The average Bonchev–Trinajstić information content (AvgIpc) is 2.45. The van der Waals surface area contributed by atoms with Crippen molar-refractivity contribution in [2.45, 2.75) is 18.9 Å². The maximum absolute atomic E-state index is 8.79. The second-order valence-electron chi connectivity index (χ2n) is 4.78. The molecule has 4 nitrogen and oxygen atoms in total. The van der Waals surface area contributed by atoms with Crippen molar-refractivity contribution in [3.63, 3.8) is 0 Å². The highest BCUT2D eigenvalue weighted by Crippen LogP contribution is 2.30. The van der Waals surface area contributed by atoms with Gasteiger partial charge in [-0.2, -0.15) is 0 Å². The van der Waals surface area contributed by atoms with Crippen molar-refractivity contribution in [3.8, 4) is 0 Å². The molecule has 20 heavy (non-hydrogen) atoms. The van der Waals surface area contributed by atoms with Crippen LogP contribution in [0.2, 0.25) is 0 Å². The van der Waals surface area contributed by atoms with Gasteiger partial charge in [0.1, 0.15) is 4.99 Å². The van der Waals surface area contributed by atoms with Crippen molar-refractivity contribution in [1.29, 1.82) is 0 Å². The molecule has 1 heterocycles. The molecule has 0 aliphatic carbocycles. The van der Waals surface area contributed by atoms with Crippen LogP contribution in [-0.4, -0.2) is 42.5 Å². The Bertz CT molecular complexity index is 476. The number of ether oxygens (including phenoxy) is 1. The Balaban J connectivity index is 2.07. The van der Waals surface area contributed by atoms with Crippen LogP contribution in [0.5, 0.6) is 0 Å². The van der Waals surface area contributed by atoms with Crippen molar-refractivity contribution in [2.24, 2.45) is 5.73 Å². The Morgan fingerprint density at radius 2 is 2.15 bits per heavy atom. The van der Waals surface area contributed by atoms with Gasteiger partial charge in [-0.1, -0.05) is 18.3 Å². The molecule has 6 heteroatoms. The van der Waals surface area contributed by atoms with E-state index >= 15 is 0 Å². The first-order valence-electron chi connectivity index (χ1n) is 6.69. The molecule has 110 valence electrons. The summed E-state index contributed by atoms with van der Waals surface area (Å²) in [6.45, 7) is 2.31. The maximum Gasteiger partial charge on any atom is 0.107 e. The Labute approximate surface area is 133 Å². The van der Waals surface area contributed by atoms with Gasteiger partial charge in [0.25, 0.3) is 0 Å². The number of aliphatic hydroxyl groups is 1. The summed E-state index contributed by atoms with van der Waals surface area (Å²) < 4.78 is 6.51. The lowest BCUT2D eigenvalue weighted by atomic mass is 10.0. The van der Waals surface area contributed by atoms with Crippen molar-refractivity contribution in [3.05, 3.63) is 28.2 Å². The lowest BCUT2D eigenvalue weighted by molar-refractivity contribution is 0.0159. The fourth-order valence-electron chi connectivity index (χ4n) is 2.50. The van der Waals surface area contributed by atoms with Gasteiger partial charge in [0.2, 0.25) is 0 Å². The first-order chi connectivity index (χ1) is 9.63. The maximum atomic E-state index is 8.79. The number of thiocarbonyl (C=S) groups is 1. The zero-order chi connectivity index (χ0) is 14.5. The molecule has 1 saturated heterocycles. The number of hydrogen-bond donors (Lipinski definition) is 2. The highest BCUT2D eigenvalue weighted by Gasteiger charge is 2.22. The number of aliphatic hydroxyl groups excluding tert-OH is 1. The van der Waals surface area contributed by atoms with Gasteiger partial charge in [-0.15, -0.1) is 0 Å². The Morgan fingerprint density at radius 1 is 1.45 bits per heavy atom.